The summed E-state index contributed by atoms with van der Waals surface area (Å²) >= 11 is 0. The average molecular weight is 411 g/mol. The third-order valence-corrected chi connectivity index (χ3v) is 4.02. The van der Waals surface area contributed by atoms with Crippen molar-refractivity contribution in [2.45, 2.75) is 58.8 Å². The summed E-state index contributed by atoms with van der Waals surface area (Å²) in [7, 11) is 0. The molecule has 0 aliphatic carbocycles. The molecular weight excluding hydrogens is 384 g/mol. The molecule has 1 rings (SSSR count). The van der Waals surface area contributed by atoms with Gasteiger partial charge in [0.05, 0.1) is 5.69 Å². The van der Waals surface area contributed by atoms with Crippen LogP contribution in [0, 0.1) is 11.1 Å². The lowest BCUT2D eigenvalue weighted by Crippen LogP contribution is -2.46. The van der Waals surface area contributed by atoms with E-state index in [1.165, 1.54) is 24.3 Å². The van der Waals surface area contributed by atoms with Crippen molar-refractivity contribution in [1.82, 2.24) is 5.32 Å². The zero-order chi connectivity index (χ0) is 22.4. The molecule has 1 aromatic rings. The number of amides is 1. The van der Waals surface area contributed by atoms with Gasteiger partial charge in [-0.05, 0) is 32.8 Å². The minimum atomic E-state index is -1.71. The van der Waals surface area contributed by atoms with Gasteiger partial charge in [0.25, 0.3) is 0 Å². The number of hydrogen-bond donors (Lipinski definition) is 3. The van der Waals surface area contributed by atoms with Crippen LogP contribution >= 0.6 is 0 Å². The van der Waals surface area contributed by atoms with E-state index in [1.54, 1.807) is 34.6 Å². The van der Waals surface area contributed by atoms with Crippen molar-refractivity contribution >= 4 is 23.7 Å². The summed E-state index contributed by atoms with van der Waals surface area (Å²) in [6, 6.07) is 4.20. The van der Waals surface area contributed by atoms with Gasteiger partial charge in [0.1, 0.15) is 11.6 Å². The first kappa shape index (κ1) is 24.2. The van der Waals surface area contributed by atoms with Crippen LogP contribution < -0.4 is 10.5 Å². The predicted octanol–water partition coefficient (Wildman–Crippen LogP) is 2.99. The van der Waals surface area contributed by atoms with Gasteiger partial charge in [0.15, 0.2) is 0 Å². The third kappa shape index (κ3) is 7.24. The first-order valence-corrected chi connectivity index (χ1v) is 9.05. The molecule has 29 heavy (non-hydrogen) atoms. The minimum absolute atomic E-state index is 0.121. The molecule has 10 heteroatoms. The summed E-state index contributed by atoms with van der Waals surface area (Å²) < 4.78 is 10.4. The molecule has 3 N–H and O–H groups in total. The van der Waals surface area contributed by atoms with E-state index in [4.69, 9.17) is 9.47 Å². The standard InChI is InChI=1S/C19H27N2O8/c1-6-11(2)14(16(22)23)20-18(25)28-15(17(24)29-19(3,4)5)12-9-7-8-10-13(12)21(26)27/h7-11,14-15,26H,6H2,1-5H3,(H,20,25)(H,22,23)/q-1/t11-,14-,15?/m1/s1. The highest BCUT2D eigenvalue weighted by molar-refractivity contribution is 5.84. The fourth-order valence-corrected chi connectivity index (χ4v) is 2.43. The van der Waals surface area contributed by atoms with E-state index in [-0.39, 0.29) is 11.3 Å². The molecule has 1 unspecified atom stereocenters. The monoisotopic (exact) mass is 411 g/mol. The predicted molar refractivity (Wildman–Crippen MR) is 103 cm³/mol. The Hall–Kier alpha value is -2.85. The zero-order valence-corrected chi connectivity index (χ0v) is 17.0. The smallest absolute Gasteiger partial charge is 0.409 e. The number of carboxylic acid groups (broad SMARTS) is 1. The van der Waals surface area contributed by atoms with E-state index in [0.29, 0.717) is 6.42 Å². The Labute approximate surface area is 168 Å². The molecule has 0 fully saturated rings. The second-order valence-electron chi connectivity index (χ2n) is 7.50. The van der Waals surface area contributed by atoms with Gasteiger partial charge < -0.3 is 30.3 Å². The number of nitrogens with one attached hydrogen (secondary N) is 1. The van der Waals surface area contributed by atoms with Gasteiger partial charge >= 0.3 is 18.0 Å². The Balaban J connectivity index is 3.21. The number of para-hydroxylation sites is 1. The number of rotatable bonds is 8. The maximum atomic E-state index is 12.6. The molecule has 0 spiro atoms. The summed E-state index contributed by atoms with van der Waals surface area (Å²) in [6.45, 7) is 8.20. The molecule has 162 valence electrons. The van der Waals surface area contributed by atoms with Crippen molar-refractivity contribution in [3.63, 3.8) is 0 Å². The number of nitrogens with zero attached hydrogens (tertiary/aromatic N) is 1. The van der Waals surface area contributed by atoms with Crippen molar-refractivity contribution in [3.8, 4) is 0 Å². The van der Waals surface area contributed by atoms with Crippen LogP contribution in [0.1, 0.15) is 52.7 Å². The molecule has 0 aliphatic heterocycles. The fraction of sp³-hybridized carbons (Fsp3) is 0.526. The lowest BCUT2D eigenvalue weighted by Gasteiger charge is -2.29. The van der Waals surface area contributed by atoms with Crippen LogP contribution in [0.5, 0.6) is 0 Å². The molecule has 0 saturated heterocycles. The molecular formula is C19H27N2O8-. The average Bonchev–Trinajstić information content (AvgIpc) is 2.61. The van der Waals surface area contributed by atoms with Gasteiger partial charge in [-0.25, -0.2) is 14.4 Å². The van der Waals surface area contributed by atoms with Crippen LogP contribution in [0.15, 0.2) is 24.3 Å². The van der Waals surface area contributed by atoms with Gasteiger partial charge in [-0.2, -0.15) is 0 Å². The van der Waals surface area contributed by atoms with Crippen LogP contribution in [0.25, 0.3) is 0 Å². The molecule has 10 nitrogen and oxygen atoms in total. The minimum Gasteiger partial charge on any atom is -0.733 e. The van der Waals surface area contributed by atoms with Crippen molar-refractivity contribution in [2.75, 3.05) is 5.23 Å². The number of carboxylic acids is 1. The molecule has 0 bridgehead atoms. The first-order chi connectivity index (χ1) is 13.4. The molecule has 1 aromatic carbocycles. The normalized spacial score (nSPS) is 14.3. The number of esters is 1. The summed E-state index contributed by atoms with van der Waals surface area (Å²) in [5.41, 5.74) is -1.38. The maximum Gasteiger partial charge on any atom is 0.409 e. The van der Waals surface area contributed by atoms with E-state index >= 15 is 0 Å². The third-order valence-electron chi connectivity index (χ3n) is 4.02. The summed E-state index contributed by atoms with van der Waals surface area (Å²) in [5, 5.41) is 31.8. The van der Waals surface area contributed by atoms with E-state index in [9.17, 15) is 29.9 Å². The zero-order valence-electron chi connectivity index (χ0n) is 17.0. The molecule has 0 aromatic heterocycles. The SMILES string of the molecule is CC[C@@H](C)[C@@H](NC(=O)OC(C(=O)OC(C)(C)C)c1ccccc1N([O-])O)C(=O)O. The van der Waals surface area contributed by atoms with Crippen LogP contribution in [-0.2, 0) is 19.1 Å². The summed E-state index contributed by atoms with van der Waals surface area (Å²) in [4.78, 5) is 36.4. The van der Waals surface area contributed by atoms with Gasteiger partial charge in [-0.1, -0.05) is 38.5 Å². The number of aliphatic carboxylic acids is 1. The molecule has 0 radical (unpaired) electrons. The largest absolute Gasteiger partial charge is 0.733 e. The number of ether oxygens (including phenoxy) is 2. The Kier molecular flexibility index (Phi) is 8.41. The lowest BCUT2D eigenvalue weighted by molar-refractivity contribution is -0.165. The molecule has 0 aliphatic rings. The Bertz CT molecular complexity index is 729. The maximum absolute atomic E-state index is 12.6. The number of carbonyl (C=O) groups is 3. The fourth-order valence-electron chi connectivity index (χ4n) is 2.43. The van der Waals surface area contributed by atoms with Crippen molar-refractivity contribution < 1.29 is 34.2 Å². The number of anilines is 1. The van der Waals surface area contributed by atoms with E-state index < -0.39 is 46.9 Å². The highest BCUT2D eigenvalue weighted by atomic mass is 16.8. The van der Waals surface area contributed by atoms with Gasteiger partial charge in [0, 0.05) is 5.56 Å². The van der Waals surface area contributed by atoms with Gasteiger partial charge in [0.2, 0.25) is 6.10 Å². The lowest BCUT2D eigenvalue weighted by atomic mass is 10.00. The first-order valence-electron chi connectivity index (χ1n) is 9.05. The van der Waals surface area contributed by atoms with Gasteiger partial charge in [-0.15, -0.1) is 0 Å². The van der Waals surface area contributed by atoms with Crippen molar-refractivity contribution in [3.05, 3.63) is 35.0 Å². The summed E-state index contributed by atoms with van der Waals surface area (Å²) in [6.07, 6.45) is -2.41. The van der Waals surface area contributed by atoms with Crippen molar-refractivity contribution in [2.24, 2.45) is 5.92 Å². The topological polar surface area (TPSA) is 148 Å². The van der Waals surface area contributed by atoms with Crippen molar-refractivity contribution in [1.29, 1.82) is 0 Å². The highest BCUT2D eigenvalue weighted by Gasteiger charge is 2.34. The Morgan fingerprint density at radius 1 is 1.24 bits per heavy atom. The number of alkyl carbamates (subject to hydrolysis) is 1. The highest BCUT2D eigenvalue weighted by Crippen LogP contribution is 2.30. The molecule has 3 atom stereocenters. The van der Waals surface area contributed by atoms with Crippen LogP contribution in [0.2, 0.25) is 0 Å². The molecule has 0 heterocycles. The van der Waals surface area contributed by atoms with Crippen LogP contribution in [0.4, 0.5) is 10.5 Å². The number of hydrogen-bond acceptors (Lipinski definition) is 8. The quantitative estimate of drug-likeness (QED) is 0.433. The second kappa shape index (κ2) is 10.1. The molecule has 1 amide bonds. The van der Waals surface area contributed by atoms with Crippen LogP contribution in [0.3, 0.4) is 0 Å². The Morgan fingerprint density at radius 3 is 2.31 bits per heavy atom. The molecule has 0 saturated carbocycles. The van der Waals surface area contributed by atoms with E-state index in [1.807, 2.05) is 0 Å². The number of carbonyl (C=O) groups excluding carboxylic acids is 2. The second-order valence-corrected chi connectivity index (χ2v) is 7.50. The van der Waals surface area contributed by atoms with E-state index in [0.717, 1.165) is 0 Å². The van der Waals surface area contributed by atoms with Gasteiger partial charge in [-0.3, -0.25) is 5.21 Å². The Morgan fingerprint density at radius 2 is 1.83 bits per heavy atom. The van der Waals surface area contributed by atoms with Crippen LogP contribution in [-0.4, -0.2) is 40.0 Å². The van der Waals surface area contributed by atoms with E-state index in [2.05, 4.69) is 5.32 Å². The summed E-state index contributed by atoms with van der Waals surface area (Å²) in [5.74, 6) is -2.65. The number of benzene rings is 1.